The molecule has 0 saturated heterocycles. The van der Waals surface area contributed by atoms with Crippen LogP contribution in [0.25, 0.3) is 0 Å². The minimum Gasteiger partial charge on any atom is -0.459 e. The van der Waals surface area contributed by atoms with E-state index < -0.39 is 23.0 Å². The number of nitro benzene ring substituents is 1. The van der Waals surface area contributed by atoms with Gasteiger partial charge in [0.1, 0.15) is 6.10 Å². The van der Waals surface area contributed by atoms with Crippen molar-refractivity contribution in [3.8, 4) is 0 Å². The van der Waals surface area contributed by atoms with E-state index in [1.165, 1.54) is 12.1 Å². The third-order valence-corrected chi connectivity index (χ3v) is 5.75. The molecule has 1 aliphatic carbocycles. The molecule has 8 heteroatoms. The molecule has 1 heterocycles. The molecule has 0 unspecified atom stereocenters. The third-order valence-electron chi connectivity index (χ3n) is 5.75. The molecule has 1 aromatic carbocycles. The van der Waals surface area contributed by atoms with Crippen LogP contribution in [0.4, 0.5) is 10.5 Å². The summed E-state index contributed by atoms with van der Waals surface area (Å²) in [5.74, 6) is 0.621. The highest BCUT2D eigenvalue weighted by atomic mass is 16.6. The molecule has 150 valence electrons. The van der Waals surface area contributed by atoms with E-state index in [0.717, 1.165) is 19.3 Å². The molecule has 2 amide bonds. The fraction of sp³-hybridized carbons (Fsp3) is 0.500. The number of hydrogen-bond donors (Lipinski definition) is 2. The van der Waals surface area contributed by atoms with Gasteiger partial charge in [-0.15, -0.1) is 0 Å². The summed E-state index contributed by atoms with van der Waals surface area (Å²) < 4.78 is 5.77. The van der Waals surface area contributed by atoms with Crippen molar-refractivity contribution in [3.63, 3.8) is 0 Å². The monoisotopic (exact) mass is 387 g/mol. The number of benzene rings is 1. The first kappa shape index (κ1) is 19.9. The van der Waals surface area contributed by atoms with Crippen LogP contribution in [0.1, 0.15) is 51.6 Å². The Bertz CT molecular complexity index is 818. The molecular weight excluding hydrogens is 362 g/mol. The Hall–Kier alpha value is -2.90. The molecule has 0 bridgehead atoms. The van der Waals surface area contributed by atoms with E-state index in [-0.39, 0.29) is 11.8 Å². The standard InChI is InChI=1S/C20H25N3O5/c1-11-4-9-16(10-12(11)2)28-19(24)17-13(3)21-20(25)22-18(17)14-5-7-15(8-6-14)23(26)27/h5-8,11-12,16,18H,4,9-10H2,1-3H3,(H2,21,22,25)/t11-,12-,16+,18-/m0/s1. The Morgan fingerprint density at radius 3 is 2.46 bits per heavy atom. The van der Waals surface area contributed by atoms with Crippen LogP contribution in [0, 0.1) is 22.0 Å². The molecule has 0 aromatic heterocycles. The second kappa shape index (κ2) is 8.00. The summed E-state index contributed by atoms with van der Waals surface area (Å²) >= 11 is 0. The van der Waals surface area contributed by atoms with Gasteiger partial charge in [-0.05, 0) is 55.7 Å². The van der Waals surface area contributed by atoms with Gasteiger partial charge in [0.2, 0.25) is 0 Å². The van der Waals surface area contributed by atoms with E-state index in [2.05, 4.69) is 24.5 Å². The maximum Gasteiger partial charge on any atom is 0.338 e. The fourth-order valence-corrected chi connectivity index (χ4v) is 3.82. The summed E-state index contributed by atoms with van der Waals surface area (Å²) in [6, 6.07) is 4.64. The maximum atomic E-state index is 13.0. The van der Waals surface area contributed by atoms with Crippen molar-refractivity contribution in [1.29, 1.82) is 0 Å². The molecule has 2 N–H and O–H groups in total. The van der Waals surface area contributed by atoms with Crippen molar-refractivity contribution in [3.05, 3.63) is 51.2 Å². The van der Waals surface area contributed by atoms with Crippen molar-refractivity contribution in [1.82, 2.24) is 10.6 Å². The first-order valence-corrected chi connectivity index (χ1v) is 9.50. The fourth-order valence-electron chi connectivity index (χ4n) is 3.82. The SMILES string of the molecule is CC1=C(C(=O)O[C@@H]2CC[C@H](C)[C@@H](C)C2)[C@H](c2ccc([N+](=O)[O-])cc2)NC(=O)N1. The van der Waals surface area contributed by atoms with Gasteiger partial charge in [0, 0.05) is 17.8 Å². The van der Waals surface area contributed by atoms with E-state index in [0.29, 0.717) is 28.7 Å². The average molecular weight is 387 g/mol. The van der Waals surface area contributed by atoms with E-state index in [9.17, 15) is 19.7 Å². The summed E-state index contributed by atoms with van der Waals surface area (Å²) in [5.41, 5.74) is 1.27. The van der Waals surface area contributed by atoms with Crippen molar-refractivity contribution >= 4 is 17.7 Å². The first-order valence-electron chi connectivity index (χ1n) is 9.50. The lowest BCUT2D eigenvalue weighted by atomic mass is 9.80. The summed E-state index contributed by atoms with van der Waals surface area (Å²) in [6.07, 6.45) is 2.51. The number of carbonyl (C=O) groups is 2. The van der Waals surface area contributed by atoms with Gasteiger partial charge < -0.3 is 15.4 Å². The van der Waals surface area contributed by atoms with Gasteiger partial charge in [-0.3, -0.25) is 10.1 Å². The van der Waals surface area contributed by atoms with Gasteiger partial charge in [0.05, 0.1) is 16.5 Å². The van der Waals surface area contributed by atoms with Gasteiger partial charge in [-0.1, -0.05) is 13.8 Å². The van der Waals surface area contributed by atoms with Crippen molar-refractivity contribution in [2.24, 2.45) is 11.8 Å². The summed E-state index contributed by atoms with van der Waals surface area (Å²) in [5, 5.41) is 16.2. The van der Waals surface area contributed by atoms with Crippen LogP contribution in [0.5, 0.6) is 0 Å². The summed E-state index contributed by atoms with van der Waals surface area (Å²) in [4.78, 5) is 35.3. The molecule has 2 aliphatic rings. The van der Waals surface area contributed by atoms with Crippen LogP contribution < -0.4 is 10.6 Å². The van der Waals surface area contributed by atoms with Crippen LogP contribution in [0.2, 0.25) is 0 Å². The average Bonchev–Trinajstić information content (AvgIpc) is 2.64. The van der Waals surface area contributed by atoms with Gasteiger partial charge >= 0.3 is 12.0 Å². The van der Waals surface area contributed by atoms with Gasteiger partial charge in [0.25, 0.3) is 5.69 Å². The Labute approximate surface area is 163 Å². The van der Waals surface area contributed by atoms with Crippen LogP contribution in [-0.4, -0.2) is 23.0 Å². The number of esters is 1. The number of nitrogens with zero attached hydrogens (tertiary/aromatic N) is 1. The first-order chi connectivity index (χ1) is 13.3. The predicted molar refractivity (Wildman–Crippen MR) is 102 cm³/mol. The normalized spacial score (nSPS) is 27.6. The highest BCUT2D eigenvalue weighted by Crippen LogP contribution is 2.33. The number of urea groups is 1. The molecule has 1 aliphatic heterocycles. The highest BCUT2D eigenvalue weighted by molar-refractivity contribution is 5.95. The van der Waals surface area contributed by atoms with Crippen molar-refractivity contribution < 1.29 is 19.2 Å². The van der Waals surface area contributed by atoms with Gasteiger partial charge in [-0.25, -0.2) is 9.59 Å². The van der Waals surface area contributed by atoms with Crippen LogP contribution >= 0.6 is 0 Å². The molecule has 0 radical (unpaired) electrons. The molecule has 1 fully saturated rings. The van der Waals surface area contributed by atoms with E-state index in [1.807, 2.05) is 0 Å². The number of allylic oxidation sites excluding steroid dienone is 1. The Balaban J connectivity index is 1.83. The number of nitrogens with one attached hydrogen (secondary N) is 2. The Morgan fingerprint density at radius 1 is 1.18 bits per heavy atom. The number of amides is 2. The number of ether oxygens (including phenoxy) is 1. The molecular formula is C20H25N3O5. The van der Waals surface area contributed by atoms with Crippen LogP contribution in [0.3, 0.4) is 0 Å². The second-order valence-corrected chi connectivity index (χ2v) is 7.71. The zero-order valence-corrected chi connectivity index (χ0v) is 16.2. The lowest BCUT2D eigenvalue weighted by Gasteiger charge is -2.33. The molecule has 28 heavy (non-hydrogen) atoms. The molecule has 3 rings (SSSR count). The molecule has 4 atom stereocenters. The number of hydrogen-bond acceptors (Lipinski definition) is 5. The molecule has 1 aromatic rings. The molecule has 1 saturated carbocycles. The summed E-state index contributed by atoms with van der Waals surface area (Å²) in [7, 11) is 0. The minimum absolute atomic E-state index is 0.0563. The van der Waals surface area contributed by atoms with Crippen LogP contribution in [-0.2, 0) is 9.53 Å². The van der Waals surface area contributed by atoms with Crippen LogP contribution in [0.15, 0.2) is 35.5 Å². The van der Waals surface area contributed by atoms with Crippen molar-refractivity contribution in [2.75, 3.05) is 0 Å². The van der Waals surface area contributed by atoms with E-state index in [4.69, 9.17) is 4.74 Å². The number of nitro groups is 1. The zero-order chi connectivity index (χ0) is 20.4. The number of carbonyl (C=O) groups excluding carboxylic acids is 2. The number of rotatable bonds is 4. The molecule has 0 spiro atoms. The number of non-ortho nitro benzene ring substituents is 1. The quantitative estimate of drug-likeness (QED) is 0.466. The molecule has 8 nitrogen and oxygen atoms in total. The lowest BCUT2D eigenvalue weighted by molar-refractivity contribution is -0.384. The topological polar surface area (TPSA) is 111 Å². The zero-order valence-electron chi connectivity index (χ0n) is 16.2. The smallest absolute Gasteiger partial charge is 0.338 e. The van der Waals surface area contributed by atoms with E-state index in [1.54, 1.807) is 19.1 Å². The Kier molecular flexibility index (Phi) is 5.67. The van der Waals surface area contributed by atoms with E-state index >= 15 is 0 Å². The minimum atomic E-state index is -0.720. The summed E-state index contributed by atoms with van der Waals surface area (Å²) in [6.45, 7) is 6.02. The lowest BCUT2D eigenvalue weighted by Crippen LogP contribution is -2.45. The third kappa shape index (κ3) is 4.16. The van der Waals surface area contributed by atoms with Gasteiger partial charge in [0.15, 0.2) is 0 Å². The predicted octanol–water partition coefficient (Wildman–Crippen LogP) is 3.59. The highest BCUT2D eigenvalue weighted by Gasteiger charge is 2.35. The largest absolute Gasteiger partial charge is 0.459 e. The van der Waals surface area contributed by atoms with Crippen molar-refractivity contribution in [2.45, 2.75) is 52.2 Å². The van der Waals surface area contributed by atoms with Gasteiger partial charge in [-0.2, -0.15) is 0 Å². The second-order valence-electron chi connectivity index (χ2n) is 7.71. The maximum absolute atomic E-state index is 13.0. The Morgan fingerprint density at radius 2 is 1.86 bits per heavy atom.